The van der Waals surface area contributed by atoms with Gasteiger partial charge >= 0.3 is 5.97 Å². The lowest BCUT2D eigenvalue weighted by Crippen LogP contribution is -2.16. The van der Waals surface area contributed by atoms with Crippen molar-refractivity contribution in [3.05, 3.63) is 57.5 Å². The van der Waals surface area contributed by atoms with E-state index in [0.29, 0.717) is 0 Å². The van der Waals surface area contributed by atoms with Crippen molar-refractivity contribution in [3.8, 4) is 11.1 Å². The Balaban J connectivity index is 2.07. The van der Waals surface area contributed by atoms with E-state index in [2.05, 4.69) is 17.1 Å². The molecule has 0 unspecified atom stereocenters. The Kier molecular flexibility index (Phi) is 3.14. The van der Waals surface area contributed by atoms with Gasteiger partial charge in [0.1, 0.15) is 5.56 Å². The third-order valence-electron chi connectivity index (χ3n) is 3.82. The van der Waals surface area contributed by atoms with Gasteiger partial charge in [-0.25, -0.2) is 4.79 Å². The largest absolute Gasteiger partial charge is 0.477 e. The molecule has 0 amide bonds. The van der Waals surface area contributed by atoms with Gasteiger partial charge in [0.2, 0.25) is 0 Å². The minimum absolute atomic E-state index is 0.222. The molecule has 2 aromatic rings. The first-order chi connectivity index (χ1) is 9.65. The van der Waals surface area contributed by atoms with Crippen molar-refractivity contribution in [2.24, 2.45) is 0 Å². The van der Waals surface area contributed by atoms with Crippen LogP contribution in [0.5, 0.6) is 0 Å². The molecule has 1 aromatic heterocycles. The van der Waals surface area contributed by atoms with Crippen LogP contribution in [0.4, 0.5) is 0 Å². The highest BCUT2D eigenvalue weighted by Gasteiger charge is 2.13. The third-order valence-corrected chi connectivity index (χ3v) is 3.82. The molecule has 0 atom stereocenters. The molecule has 0 fully saturated rings. The van der Waals surface area contributed by atoms with E-state index in [9.17, 15) is 9.59 Å². The monoisotopic (exact) mass is 269 g/mol. The predicted octanol–water partition coefficient (Wildman–Crippen LogP) is 2.62. The number of aryl methyl sites for hydroxylation is 2. The summed E-state index contributed by atoms with van der Waals surface area (Å²) in [5, 5.41) is 9.01. The standard InChI is InChI=1S/C16H15NO3/c18-15-14(16(19)20)8-13(9-17-15)12-6-5-10-3-1-2-4-11(10)7-12/h5-9H,1-4H2,(H,17,18)(H,19,20). The number of rotatable bonds is 2. The Bertz CT molecular complexity index is 731. The smallest absolute Gasteiger partial charge is 0.341 e. The van der Waals surface area contributed by atoms with Crippen LogP contribution in [0, 0.1) is 0 Å². The number of carboxylic acid groups (broad SMARTS) is 1. The van der Waals surface area contributed by atoms with Crippen molar-refractivity contribution in [2.75, 3.05) is 0 Å². The van der Waals surface area contributed by atoms with Gasteiger partial charge in [-0.05, 0) is 54.0 Å². The SMILES string of the molecule is O=C(O)c1cc(-c2ccc3c(c2)CCCC3)c[nH]c1=O. The first kappa shape index (κ1) is 12.7. The van der Waals surface area contributed by atoms with E-state index in [0.717, 1.165) is 24.0 Å². The summed E-state index contributed by atoms with van der Waals surface area (Å²) in [6.45, 7) is 0. The molecule has 102 valence electrons. The van der Waals surface area contributed by atoms with Gasteiger partial charge in [0.05, 0.1) is 0 Å². The highest BCUT2D eigenvalue weighted by Crippen LogP contribution is 2.27. The lowest BCUT2D eigenvalue weighted by Gasteiger charge is -2.16. The fraction of sp³-hybridized carbons (Fsp3) is 0.250. The molecule has 4 heteroatoms. The average molecular weight is 269 g/mol. The summed E-state index contributed by atoms with van der Waals surface area (Å²) in [4.78, 5) is 25.0. The van der Waals surface area contributed by atoms with E-state index < -0.39 is 11.5 Å². The zero-order chi connectivity index (χ0) is 14.1. The highest BCUT2D eigenvalue weighted by atomic mass is 16.4. The molecule has 4 nitrogen and oxygen atoms in total. The number of hydrogen-bond acceptors (Lipinski definition) is 2. The molecule has 3 rings (SSSR count). The molecule has 0 spiro atoms. The average Bonchev–Trinajstić information content (AvgIpc) is 2.47. The van der Waals surface area contributed by atoms with E-state index in [1.165, 1.54) is 30.0 Å². The van der Waals surface area contributed by atoms with Crippen LogP contribution in [-0.4, -0.2) is 16.1 Å². The minimum Gasteiger partial charge on any atom is -0.477 e. The Morgan fingerprint density at radius 1 is 1.05 bits per heavy atom. The van der Waals surface area contributed by atoms with Crippen LogP contribution in [0.15, 0.2) is 35.3 Å². The maximum atomic E-state index is 11.4. The number of nitrogens with one attached hydrogen (secondary N) is 1. The van der Waals surface area contributed by atoms with Crippen LogP contribution >= 0.6 is 0 Å². The number of carbonyl (C=O) groups is 1. The van der Waals surface area contributed by atoms with Gasteiger partial charge in [-0.2, -0.15) is 0 Å². The van der Waals surface area contributed by atoms with E-state index >= 15 is 0 Å². The summed E-state index contributed by atoms with van der Waals surface area (Å²) in [6, 6.07) is 7.64. The van der Waals surface area contributed by atoms with Crippen molar-refractivity contribution in [1.82, 2.24) is 4.98 Å². The normalized spacial score (nSPS) is 13.8. The fourth-order valence-electron chi connectivity index (χ4n) is 2.72. The van der Waals surface area contributed by atoms with E-state index in [1.54, 1.807) is 6.20 Å². The molecular formula is C16H15NO3. The van der Waals surface area contributed by atoms with Crippen LogP contribution < -0.4 is 5.56 Å². The summed E-state index contributed by atoms with van der Waals surface area (Å²) in [5.41, 5.74) is 3.60. The maximum Gasteiger partial charge on any atom is 0.341 e. The Hall–Kier alpha value is -2.36. The number of aromatic nitrogens is 1. The Labute approximate surface area is 116 Å². The summed E-state index contributed by atoms with van der Waals surface area (Å²) in [6.07, 6.45) is 6.18. The van der Waals surface area contributed by atoms with Crippen molar-refractivity contribution >= 4 is 5.97 Å². The molecule has 1 aliphatic carbocycles. The number of aromatic carboxylic acids is 1. The van der Waals surface area contributed by atoms with Crippen LogP contribution in [0.1, 0.15) is 34.3 Å². The lowest BCUT2D eigenvalue weighted by atomic mass is 9.89. The summed E-state index contributed by atoms with van der Waals surface area (Å²) < 4.78 is 0. The topological polar surface area (TPSA) is 70.2 Å². The third kappa shape index (κ3) is 2.25. The van der Waals surface area contributed by atoms with Crippen molar-refractivity contribution in [2.45, 2.75) is 25.7 Å². The summed E-state index contributed by atoms with van der Waals surface area (Å²) in [5.74, 6) is -1.20. The van der Waals surface area contributed by atoms with Gasteiger partial charge < -0.3 is 10.1 Å². The molecule has 0 aliphatic heterocycles. The first-order valence-corrected chi connectivity index (χ1v) is 6.73. The molecule has 1 aliphatic rings. The summed E-state index contributed by atoms with van der Waals surface area (Å²) >= 11 is 0. The fourth-order valence-corrected chi connectivity index (χ4v) is 2.72. The molecule has 0 saturated carbocycles. The van der Waals surface area contributed by atoms with Crippen LogP contribution in [0.2, 0.25) is 0 Å². The second-order valence-corrected chi connectivity index (χ2v) is 5.13. The van der Waals surface area contributed by atoms with E-state index in [-0.39, 0.29) is 5.56 Å². The van der Waals surface area contributed by atoms with Gasteiger partial charge in [0, 0.05) is 6.20 Å². The number of benzene rings is 1. The van der Waals surface area contributed by atoms with Gasteiger partial charge in [0.25, 0.3) is 5.56 Å². The maximum absolute atomic E-state index is 11.4. The second kappa shape index (κ2) is 4.96. The molecule has 0 bridgehead atoms. The zero-order valence-corrected chi connectivity index (χ0v) is 11.0. The molecule has 0 radical (unpaired) electrons. The Morgan fingerprint density at radius 3 is 2.55 bits per heavy atom. The van der Waals surface area contributed by atoms with Gasteiger partial charge in [-0.1, -0.05) is 18.2 Å². The van der Waals surface area contributed by atoms with Crippen LogP contribution in [0.25, 0.3) is 11.1 Å². The van der Waals surface area contributed by atoms with E-state index in [1.807, 2.05) is 6.07 Å². The van der Waals surface area contributed by atoms with Crippen LogP contribution in [0.3, 0.4) is 0 Å². The van der Waals surface area contributed by atoms with Crippen molar-refractivity contribution < 1.29 is 9.90 Å². The van der Waals surface area contributed by atoms with Crippen molar-refractivity contribution in [1.29, 1.82) is 0 Å². The number of hydrogen-bond donors (Lipinski definition) is 2. The van der Waals surface area contributed by atoms with Crippen LogP contribution in [-0.2, 0) is 12.8 Å². The van der Waals surface area contributed by atoms with E-state index in [4.69, 9.17) is 5.11 Å². The number of pyridine rings is 1. The summed E-state index contributed by atoms with van der Waals surface area (Å²) in [7, 11) is 0. The molecule has 0 saturated heterocycles. The molecule has 20 heavy (non-hydrogen) atoms. The minimum atomic E-state index is -1.20. The molecular weight excluding hydrogens is 254 g/mol. The highest BCUT2D eigenvalue weighted by molar-refractivity contribution is 5.88. The number of carboxylic acids is 1. The number of H-pyrrole nitrogens is 1. The number of fused-ring (bicyclic) bond motifs is 1. The van der Waals surface area contributed by atoms with Gasteiger partial charge in [-0.15, -0.1) is 0 Å². The van der Waals surface area contributed by atoms with Crippen molar-refractivity contribution in [3.63, 3.8) is 0 Å². The molecule has 1 heterocycles. The second-order valence-electron chi connectivity index (χ2n) is 5.13. The predicted molar refractivity (Wildman–Crippen MR) is 76.1 cm³/mol. The van der Waals surface area contributed by atoms with Gasteiger partial charge in [0.15, 0.2) is 0 Å². The Morgan fingerprint density at radius 2 is 1.80 bits per heavy atom. The van der Waals surface area contributed by atoms with Gasteiger partial charge in [-0.3, -0.25) is 4.79 Å². The zero-order valence-electron chi connectivity index (χ0n) is 11.0. The lowest BCUT2D eigenvalue weighted by molar-refractivity contribution is 0.0695. The molecule has 2 N–H and O–H groups in total. The number of aromatic amines is 1. The first-order valence-electron chi connectivity index (χ1n) is 6.73. The molecule has 1 aromatic carbocycles. The quantitative estimate of drug-likeness (QED) is 0.880.